The zero-order valence-electron chi connectivity index (χ0n) is 10.9. The first kappa shape index (κ1) is 14.3. The van der Waals surface area contributed by atoms with Crippen LogP contribution in [0.1, 0.15) is 31.2 Å². The highest BCUT2D eigenvalue weighted by Gasteiger charge is 2.32. The summed E-state index contributed by atoms with van der Waals surface area (Å²) in [7, 11) is -1.70. The van der Waals surface area contributed by atoms with E-state index in [0.717, 1.165) is 25.7 Å². The fraction of sp³-hybridized carbons (Fsp3) is 0.462. The molecule has 4 nitrogen and oxygen atoms in total. The molecule has 104 valence electrons. The molecule has 1 aliphatic carbocycles. The molecular weight excluding hydrogens is 280 g/mol. The molecule has 0 amide bonds. The summed E-state index contributed by atoms with van der Waals surface area (Å²) in [5, 5.41) is -0.258. The average molecular weight is 298 g/mol. The molecule has 0 spiro atoms. The molecule has 0 unspecified atom stereocenters. The lowest BCUT2D eigenvalue weighted by Crippen LogP contribution is -2.34. The predicted molar refractivity (Wildman–Crippen MR) is 81.9 cm³/mol. The van der Waals surface area contributed by atoms with Crippen LogP contribution in [-0.2, 0) is 10.0 Å². The third-order valence-corrected chi connectivity index (χ3v) is 6.12. The lowest BCUT2D eigenvalue weighted by Gasteiger charge is -2.23. The monoisotopic (exact) mass is 298 g/mol. The van der Waals surface area contributed by atoms with Crippen molar-refractivity contribution < 1.29 is 8.42 Å². The van der Waals surface area contributed by atoms with Gasteiger partial charge in [-0.25, -0.2) is 8.42 Å². The van der Waals surface area contributed by atoms with E-state index in [1.807, 2.05) is 0 Å². The van der Waals surface area contributed by atoms with Crippen molar-refractivity contribution in [2.45, 2.75) is 30.9 Å². The van der Waals surface area contributed by atoms with Crippen molar-refractivity contribution in [2.24, 2.45) is 5.73 Å². The van der Waals surface area contributed by atoms with E-state index in [-0.39, 0.29) is 10.2 Å². The topological polar surface area (TPSA) is 63.4 Å². The van der Waals surface area contributed by atoms with Gasteiger partial charge in [-0.3, -0.25) is 4.31 Å². The van der Waals surface area contributed by atoms with Crippen molar-refractivity contribution in [1.82, 2.24) is 0 Å². The van der Waals surface area contributed by atoms with Crippen molar-refractivity contribution >= 4 is 32.9 Å². The minimum Gasteiger partial charge on any atom is -0.389 e. The number of sulfonamides is 1. The minimum atomic E-state index is -3.28. The molecule has 2 N–H and O–H groups in total. The van der Waals surface area contributed by atoms with E-state index < -0.39 is 10.0 Å². The van der Waals surface area contributed by atoms with E-state index in [9.17, 15) is 8.42 Å². The number of hydrogen-bond donors (Lipinski definition) is 1. The Labute approximate surface area is 119 Å². The van der Waals surface area contributed by atoms with Crippen LogP contribution in [0.3, 0.4) is 0 Å². The molecule has 1 aromatic rings. The fourth-order valence-electron chi connectivity index (χ4n) is 2.41. The Morgan fingerprint density at radius 2 is 2.00 bits per heavy atom. The molecule has 0 aromatic heterocycles. The van der Waals surface area contributed by atoms with Crippen LogP contribution < -0.4 is 10.0 Å². The van der Waals surface area contributed by atoms with E-state index in [2.05, 4.69) is 0 Å². The van der Waals surface area contributed by atoms with Gasteiger partial charge in [0.15, 0.2) is 0 Å². The first-order valence-corrected chi connectivity index (χ1v) is 8.21. The molecule has 0 radical (unpaired) electrons. The van der Waals surface area contributed by atoms with Crippen LogP contribution in [0.5, 0.6) is 0 Å². The number of nitrogens with two attached hydrogens (primary N) is 1. The van der Waals surface area contributed by atoms with Gasteiger partial charge in [0, 0.05) is 12.6 Å². The van der Waals surface area contributed by atoms with E-state index in [1.54, 1.807) is 31.3 Å². The zero-order valence-corrected chi connectivity index (χ0v) is 12.5. The molecule has 0 saturated heterocycles. The van der Waals surface area contributed by atoms with Crippen LogP contribution in [0.4, 0.5) is 5.69 Å². The Morgan fingerprint density at radius 3 is 2.58 bits per heavy atom. The van der Waals surface area contributed by atoms with E-state index in [1.165, 1.54) is 4.31 Å². The summed E-state index contributed by atoms with van der Waals surface area (Å²) in [6.07, 6.45) is 3.48. The highest BCUT2D eigenvalue weighted by atomic mass is 32.2. The normalized spacial score (nSPS) is 16.5. The summed E-state index contributed by atoms with van der Waals surface area (Å²) in [4.78, 5) is 0.272. The van der Waals surface area contributed by atoms with E-state index in [4.69, 9.17) is 18.0 Å². The van der Waals surface area contributed by atoms with Gasteiger partial charge in [0.25, 0.3) is 0 Å². The third kappa shape index (κ3) is 2.90. The van der Waals surface area contributed by atoms with Gasteiger partial charge in [-0.1, -0.05) is 37.2 Å². The Morgan fingerprint density at radius 1 is 1.37 bits per heavy atom. The Hall–Kier alpha value is -1.14. The highest BCUT2D eigenvalue weighted by molar-refractivity contribution is 7.93. The maximum atomic E-state index is 12.5. The number of benzene rings is 1. The molecule has 1 aliphatic rings. The summed E-state index contributed by atoms with van der Waals surface area (Å²) in [6.45, 7) is 0. The Balaban J connectivity index is 2.30. The molecule has 6 heteroatoms. The summed E-state index contributed by atoms with van der Waals surface area (Å²) in [6, 6.07) is 7.02. The van der Waals surface area contributed by atoms with Crippen LogP contribution in [0.25, 0.3) is 0 Å². The maximum Gasteiger partial charge on any atom is 0.237 e. The van der Waals surface area contributed by atoms with Crippen molar-refractivity contribution in [1.29, 1.82) is 0 Å². The molecule has 0 aliphatic heterocycles. The summed E-state index contributed by atoms with van der Waals surface area (Å²) in [5.74, 6) is 0. The van der Waals surface area contributed by atoms with Crippen LogP contribution in [0.2, 0.25) is 0 Å². The molecule has 0 bridgehead atoms. The molecule has 1 aromatic carbocycles. The second kappa shape index (κ2) is 5.46. The van der Waals surface area contributed by atoms with Crippen molar-refractivity contribution in [3.63, 3.8) is 0 Å². The van der Waals surface area contributed by atoms with Gasteiger partial charge < -0.3 is 5.73 Å². The molecule has 0 atom stereocenters. The van der Waals surface area contributed by atoms with Crippen LogP contribution in [0, 0.1) is 0 Å². The average Bonchev–Trinajstić information content (AvgIpc) is 2.92. The van der Waals surface area contributed by atoms with Crippen molar-refractivity contribution in [3.8, 4) is 0 Å². The zero-order chi connectivity index (χ0) is 14.0. The Bertz CT molecular complexity index is 578. The second-order valence-electron chi connectivity index (χ2n) is 4.83. The molecule has 1 saturated carbocycles. The SMILES string of the molecule is CN(c1cccc(C(N)=S)c1)S(=O)(=O)C1CCCC1. The maximum absolute atomic E-state index is 12.5. The third-order valence-electron chi connectivity index (χ3n) is 3.60. The summed E-state index contributed by atoms with van der Waals surface area (Å²) in [5.41, 5.74) is 6.87. The highest BCUT2D eigenvalue weighted by Crippen LogP contribution is 2.29. The molecule has 0 heterocycles. The molecule has 19 heavy (non-hydrogen) atoms. The number of thiocarbonyl (C=S) groups is 1. The van der Waals surface area contributed by atoms with Crippen molar-refractivity contribution in [3.05, 3.63) is 29.8 Å². The van der Waals surface area contributed by atoms with Gasteiger partial charge in [0.05, 0.1) is 10.9 Å². The van der Waals surface area contributed by atoms with Crippen molar-refractivity contribution in [2.75, 3.05) is 11.4 Å². The van der Waals surface area contributed by atoms with Gasteiger partial charge in [-0.15, -0.1) is 0 Å². The first-order chi connectivity index (χ1) is 8.93. The fourth-order valence-corrected chi connectivity index (χ4v) is 4.32. The van der Waals surface area contributed by atoms with Crippen LogP contribution in [-0.4, -0.2) is 25.7 Å². The number of rotatable bonds is 4. The minimum absolute atomic E-state index is 0.258. The quantitative estimate of drug-likeness (QED) is 0.864. The Kier molecular flexibility index (Phi) is 4.10. The van der Waals surface area contributed by atoms with E-state index in [0.29, 0.717) is 11.3 Å². The van der Waals surface area contributed by atoms with Crippen LogP contribution in [0.15, 0.2) is 24.3 Å². The molecule has 1 fully saturated rings. The lowest BCUT2D eigenvalue weighted by molar-refractivity contribution is 0.578. The van der Waals surface area contributed by atoms with Gasteiger partial charge in [-0.2, -0.15) is 0 Å². The van der Waals surface area contributed by atoms with Gasteiger partial charge in [-0.05, 0) is 25.0 Å². The standard InChI is InChI=1S/C13H18N2O2S2/c1-15(19(16,17)12-7-2-3-8-12)11-6-4-5-10(9-11)13(14)18/h4-6,9,12H,2-3,7-8H2,1H3,(H2,14,18). The largest absolute Gasteiger partial charge is 0.389 e. The van der Waals surface area contributed by atoms with E-state index >= 15 is 0 Å². The summed E-state index contributed by atoms with van der Waals surface area (Å²) < 4.78 is 26.3. The first-order valence-electron chi connectivity index (χ1n) is 6.30. The smallest absolute Gasteiger partial charge is 0.237 e. The molecule has 2 rings (SSSR count). The number of hydrogen-bond acceptors (Lipinski definition) is 3. The lowest BCUT2D eigenvalue weighted by atomic mass is 10.2. The number of anilines is 1. The van der Waals surface area contributed by atoms with Gasteiger partial charge >= 0.3 is 0 Å². The number of nitrogens with zero attached hydrogens (tertiary/aromatic N) is 1. The van der Waals surface area contributed by atoms with Gasteiger partial charge in [0.1, 0.15) is 4.99 Å². The molecular formula is C13H18N2O2S2. The van der Waals surface area contributed by atoms with Crippen LogP contribution >= 0.6 is 12.2 Å². The second-order valence-corrected chi connectivity index (χ2v) is 7.52. The predicted octanol–water partition coefficient (Wildman–Crippen LogP) is 2.03. The van der Waals surface area contributed by atoms with Gasteiger partial charge in [0.2, 0.25) is 10.0 Å². The summed E-state index contributed by atoms with van der Waals surface area (Å²) >= 11 is 4.92.